The molecule has 3 heteroatoms. The van der Waals surface area contributed by atoms with E-state index in [0.29, 0.717) is 6.61 Å². The van der Waals surface area contributed by atoms with Gasteiger partial charge in [-0.2, -0.15) is 0 Å². The van der Waals surface area contributed by atoms with Gasteiger partial charge in [0.2, 0.25) is 0 Å². The van der Waals surface area contributed by atoms with Crippen LogP contribution in [0.2, 0.25) is 0 Å². The largest absolute Gasteiger partial charge is 0.465 e. The standard InChI is InChI=1S/C12H13NO2/c1-3-15-12(14)6-4-5-11-7-8-13-10(2)9-11/h7-9H,3,6H2,1-2H3. The zero-order valence-corrected chi connectivity index (χ0v) is 8.91. The number of carbonyl (C=O) groups excluding carboxylic acids is 1. The maximum atomic E-state index is 11.0. The third kappa shape index (κ3) is 4.28. The molecule has 0 aromatic carbocycles. The fraction of sp³-hybridized carbons (Fsp3) is 0.333. The van der Waals surface area contributed by atoms with Gasteiger partial charge in [-0.25, -0.2) is 0 Å². The molecule has 0 radical (unpaired) electrons. The Kier molecular flexibility index (Phi) is 4.36. The van der Waals surface area contributed by atoms with Crippen molar-refractivity contribution in [1.29, 1.82) is 0 Å². The number of hydrogen-bond donors (Lipinski definition) is 0. The summed E-state index contributed by atoms with van der Waals surface area (Å²) in [6, 6.07) is 3.68. The lowest BCUT2D eigenvalue weighted by Gasteiger charge is -1.95. The van der Waals surface area contributed by atoms with Crippen LogP contribution < -0.4 is 0 Å². The van der Waals surface area contributed by atoms with Gasteiger partial charge in [0.15, 0.2) is 0 Å². The monoisotopic (exact) mass is 203 g/mol. The second-order valence-electron chi connectivity index (χ2n) is 2.97. The van der Waals surface area contributed by atoms with E-state index in [1.54, 1.807) is 13.1 Å². The first-order valence-corrected chi connectivity index (χ1v) is 4.79. The van der Waals surface area contributed by atoms with Crippen molar-refractivity contribution in [2.24, 2.45) is 0 Å². The lowest BCUT2D eigenvalue weighted by molar-refractivity contribution is -0.141. The Balaban J connectivity index is 2.55. The second-order valence-corrected chi connectivity index (χ2v) is 2.97. The van der Waals surface area contributed by atoms with Crippen LogP contribution in [-0.2, 0) is 9.53 Å². The minimum Gasteiger partial charge on any atom is -0.465 e. The molecule has 0 aliphatic rings. The van der Waals surface area contributed by atoms with Crippen molar-refractivity contribution in [1.82, 2.24) is 4.98 Å². The quantitative estimate of drug-likeness (QED) is 0.542. The summed E-state index contributed by atoms with van der Waals surface area (Å²) in [7, 11) is 0. The number of hydrogen-bond acceptors (Lipinski definition) is 3. The van der Waals surface area contributed by atoms with Gasteiger partial charge in [-0.1, -0.05) is 11.8 Å². The van der Waals surface area contributed by atoms with Crippen LogP contribution in [0.4, 0.5) is 0 Å². The van der Waals surface area contributed by atoms with Crippen LogP contribution in [0.5, 0.6) is 0 Å². The second kappa shape index (κ2) is 5.82. The molecule has 1 aromatic rings. The summed E-state index contributed by atoms with van der Waals surface area (Å²) < 4.78 is 4.75. The van der Waals surface area contributed by atoms with Crippen LogP contribution in [0.15, 0.2) is 18.3 Å². The summed E-state index contributed by atoms with van der Waals surface area (Å²) >= 11 is 0. The van der Waals surface area contributed by atoms with Crippen molar-refractivity contribution in [2.45, 2.75) is 20.3 Å². The normalized spacial score (nSPS) is 8.93. The average Bonchev–Trinajstić information content (AvgIpc) is 2.18. The predicted molar refractivity (Wildman–Crippen MR) is 57.1 cm³/mol. The molecule has 0 saturated heterocycles. The Hall–Kier alpha value is -1.82. The number of rotatable bonds is 2. The van der Waals surface area contributed by atoms with Crippen molar-refractivity contribution in [3.63, 3.8) is 0 Å². The first-order chi connectivity index (χ1) is 7.22. The molecule has 0 bridgehead atoms. The summed E-state index contributed by atoms with van der Waals surface area (Å²) in [6.07, 6.45) is 1.83. The number of aryl methyl sites for hydroxylation is 1. The van der Waals surface area contributed by atoms with Crippen LogP contribution in [0.1, 0.15) is 24.6 Å². The summed E-state index contributed by atoms with van der Waals surface area (Å²) in [5, 5.41) is 0. The summed E-state index contributed by atoms with van der Waals surface area (Å²) in [5.41, 5.74) is 1.78. The number of esters is 1. The van der Waals surface area contributed by atoms with Gasteiger partial charge in [-0.05, 0) is 26.0 Å². The van der Waals surface area contributed by atoms with E-state index in [4.69, 9.17) is 4.74 Å². The Morgan fingerprint density at radius 1 is 1.60 bits per heavy atom. The smallest absolute Gasteiger partial charge is 0.317 e. The van der Waals surface area contributed by atoms with E-state index in [-0.39, 0.29) is 12.4 Å². The third-order valence-electron chi connectivity index (χ3n) is 1.67. The van der Waals surface area contributed by atoms with Crippen LogP contribution in [-0.4, -0.2) is 17.6 Å². The molecular weight excluding hydrogens is 190 g/mol. The molecule has 0 aliphatic heterocycles. The highest BCUT2D eigenvalue weighted by molar-refractivity contribution is 5.72. The molecule has 0 amide bonds. The van der Waals surface area contributed by atoms with E-state index in [1.165, 1.54) is 0 Å². The van der Waals surface area contributed by atoms with Gasteiger partial charge in [0, 0.05) is 17.5 Å². The van der Waals surface area contributed by atoms with E-state index in [1.807, 2.05) is 19.1 Å². The summed E-state index contributed by atoms with van der Waals surface area (Å²) in [6.45, 7) is 4.07. The maximum Gasteiger partial charge on any atom is 0.317 e. The molecule has 78 valence electrons. The fourth-order valence-corrected chi connectivity index (χ4v) is 1.05. The Labute approximate surface area is 89.5 Å². The van der Waals surface area contributed by atoms with E-state index in [9.17, 15) is 4.79 Å². The predicted octanol–water partition coefficient (Wildman–Crippen LogP) is 1.69. The molecule has 3 nitrogen and oxygen atoms in total. The number of nitrogens with zero attached hydrogens (tertiary/aromatic N) is 1. The van der Waals surface area contributed by atoms with E-state index >= 15 is 0 Å². The molecule has 15 heavy (non-hydrogen) atoms. The topological polar surface area (TPSA) is 39.2 Å². The van der Waals surface area contributed by atoms with Crippen molar-refractivity contribution < 1.29 is 9.53 Å². The molecule has 0 N–H and O–H groups in total. The van der Waals surface area contributed by atoms with Gasteiger partial charge in [0.1, 0.15) is 6.42 Å². The molecule has 1 aromatic heterocycles. The van der Waals surface area contributed by atoms with Crippen molar-refractivity contribution in [3.8, 4) is 11.8 Å². The number of pyridine rings is 1. The minimum atomic E-state index is -0.282. The van der Waals surface area contributed by atoms with Crippen molar-refractivity contribution in [2.75, 3.05) is 6.61 Å². The van der Waals surface area contributed by atoms with Crippen molar-refractivity contribution in [3.05, 3.63) is 29.6 Å². The van der Waals surface area contributed by atoms with Crippen LogP contribution in [0, 0.1) is 18.8 Å². The highest BCUT2D eigenvalue weighted by Gasteiger charge is 1.96. The highest BCUT2D eigenvalue weighted by atomic mass is 16.5. The van der Waals surface area contributed by atoms with Crippen molar-refractivity contribution >= 4 is 5.97 Å². The zero-order valence-electron chi connectivity index (χ0n) is 8.91. The SMILES string of the molecule is CCOC(=O)CC#Cc1ccnc(C)c1. The van der Waals surface area contributed by atoms with Gasteiger partial charge < -0.3 is 4.74 Å². The Bertz CT molecular complexity index is 402. The van der Waals surface area contributed by atoms with E-state index in [2.05, 4.69) is 16.8 Å². The van der Waals surface area contributed by atoms with Gasteiger partial charge >= 0.3 is 5.97 Å². The van der Waals surface area contributed by atoms with Crippen LogP contribution in [0.3, 0.4) is 0 Å². The zero-order chi connectivity index (χ0) is 11.1. The molecule has 0 saturated carbocycles. The molecule has 0 aliphatic carbocycles. The highest BCUT2D eigenvalue weighted by Crippen LogP contribution is 1.98. The lowest BCUT2D eigenvalue weighted by Crippen LogP contribution is -2.01. The van der Waals surface area contributed by atoms with Gasteiger partial charge in [-0.15, -0.1) is 0 Å². The minimum absolute atomic E-state index is 0.134. The molecule has 0 fully saturated rings. The molecule has 1 rings (SSSR count). The first kappa shape index (κ1) is 11.3. The fourth-order valence-electron chi connectivity index (χ4n) is 1.05. The van der Waals surface area contributed by atoms with Crippen LogP contribution >= 0.6 is 0 Å². The Morgan fingerprint density at radius 3 is 3.07 bits per heavy atom. The average molecular weight is 203 g/mol. The van der Waals surface area contributed by atoms with Crippen LogP contribution in [0.25, 0.3) is 0 Å². The maximum absolute atomic E-state index is 11.0. The van der Waals surface area contributed by atoms with Gasteiger partial charge in [0.25, 0.3) is 0 Å². The third-order valence-corrected chi connectivity index (χ3v) is 1.67. The number of carbonyl (C=O) groups is 1. The first-order valence-electron chi connectivity index (χ1n) is 4.79. The lowest BCUT2D eigenvalue weighted by atomic mass is 10.2. The van der Waals surface area contributed by atoms with Gasteiger partial charge in [-0.3, -0.25) is 9.78 Å². The molecule has 0 spiro atoms. The summed E-state index contributed by atoms with van der Waals surface area (Å²) in [4.78, 5) is 15.0. The number of aromatic nitrogens is 1. The van der Waals surface area contributed by atoms with E-state index < -0.39 is 0 Å². The summed E-state index contributed by atoms with van der Waals surface area (Å²) in [5.74, 6) is 5.36. The van der Waals surface area contributed by atoms with Gasteiger partial charge in [0.05, 0.1) is 6.61 Å². The van der Waals surface area contributed by atoms with E-state index in [0.717, 1.165) is 11.3 Å². The number of ether oxygens (including phenoxy) is 1. The molecule has 1 heterocycles. The Morgan fingerprint density at radius 2 is 2.40 bits per heavy atom. The molecule has 0 atom stereocenters. The molecule has 0 unspecified atom stereocenters. The molecular formula is C12H13NO2.